The molecule has 5 N–H and O–H groups in total. The number of aromatic nitrogens is 3. The Bertz CT molecular complexity index is 352. The number of hydrogen-bond acceptors (Lipinski definition) is 6. The number of nitrogens with zero attached hydrogens (tertiary/aromatic N) is 3. The summed E-state index contributed by atoms with van der Waals surface area (Å²) in [6.45, 7) is 3.23. The molecule has 8 nitrogen and oxygen atoms in total. The molecule has 1 saturated heterocycles. The van der Waals surface area contributed by atoms with Crippen molar-refractivity contribution in [2.75, 3.05) is 0 Å². The van der Waals surface area contributed by atoms with Crippen LogP contribution >= 0.6 is 0 Å². The molecule has 0 amide bonds. The maximum atomic E-state index is 9.54. The summed E-state index contributed by atoms with van der Waals surface area (Å²) in [5.74, 6) is 0.167. The standard InChI is InChI=1S/C7H11N3O3.C2H6N2/c1-4-5(11)6(12)7(13-4)10-3-8-2-9-10;1-2(3)4/h2-7,11-12H,1H3;1H3,(H3,3,4). The maximum Gasteiger partial charge on any atom is 0.180 e. The van der Waals surface area contributed by atoms with E-state index in [-0.39, 0.29) is 11.9 Å². The quantitative estimate of drug-likeness (QED) is 0.364. The first-order valence-electron chi connectivity index (χ1n) is 5.09. The van der Waals surface area contributed by atoms with Crippen molar-refractivity contribution in [3.63, 3.8) is 0 Å². The summed E-state index contributed by atoms with van der Waals surface area (Å²) in [5.41, 5.74) is 4.69. The van der Waals surface area contributed by atoms with Crippen molar-refractivity contribution in [1.29, 1.82) is 5.41 Å². The molecule has 2 rings (SSSR count). The molecule has 2 heterocycles. The Kier molecular flexibility index (Phi) is 4.55. The summed E-state index contributed by atoms with van der Waals surface area (Å²) in [6, 6.07) is 0. The number of hydrogen-bond donors (Lipinski definition) is 4. The van der Waals surface area contributed by atoms with Gasteiger partial charge in [-0.3, -0.25) is 5.41 Å². The Morgan fingerprint density at radius 3 is 2.41 bits per heavy atom. The molecule has 1 aliphatic heterocycles. The molecule has 0 aromatic carbocycles. The van der Waals surface area contributed by atoms with Crippen LogP contribution < -0.4 is 5.73 Å². The minimum absolute atomic E-state index is 0.167. The summed E-state index contributed by atoms with van der Waals surface area (Å²) in [7, 11) is 0. The average Bonchev–Trinajstić information content (AvgIpc) is 2.82. The third kappa shape index (κ3) is 3.48. The molecular weight excluding hydrogens is 226 g/mol. The average molecular weight is 243 g/mol. The van der Waals surface area contributed by atoms with Crippen LogP contribution in [0.2, 0.25) is 0 Å². The molecule has 1 aromatic heterocycles. The van der Waals surface area contributed by atoms with Gasteiger partial charge in [0.25, 0.3) is 0 Å². The first kappa shape index (κ1) is 13.6. The number of aliphatic hydroxyl groups is 2. The molecular formula is C9H17N5O3. The zero-order chi connectivity index (χ0) is 13.0. The van der Waals surface area contributed by atoms with Gasteiger partial charge in [0, 0.05) is 0 Å². The SMILES string of the molecule is CC(=N)N.CC1OC(n2cncn2)C(O)C1O. The lowest BCUT2D eigenvalue weighted by atomic mass is 10.1. The van der Waals surface area contributed by atoms with Gasteiger partial charge < -0.3 is 20.7 Å². The van der Waals surface area contributed by atoms with E-state index in [1.54, 1.807) is 6.92 Å². The van der Waals surface area contributed by atoms with Crippen LogP contribution in [0, 0.1) is 5.41 Å². The second-order valence-corrected chi connectivity index (χ2v) is 3.77. The highest BCUT2D eigenvalue weighted by atomic mass is 16.6. The second kappa shape index (κ2) is 5.71. The Hall–Kier alpha value is -1.51. The van der Waals surface area contributed by atoms with Crippen molar-refractivity contribution < 1.29 is 14.9 Å². The topological polar surface area (TPSA) is 130 Å². The molecule has 0 saturated carbocycles. The van der Waals surface area contributed by atoms with Gasteiger partial charge in [-0.2, -0.15) is 5.10 Å². The zero-order valence-corrected chi connectivity index (χ0v) is 9.69. The summed E-state index contributed by atoms with van der Waals surface area (Å²) in [6.07, 6.45) is -0.0352. The molecule has 17 heavy (non-hydrogen) atoms. The third-order valence-corrected chi connectivity index (χ3v) is 2.17. The first-order valence-corrected chi connectivity index (χ1v) is 5.09. The molecule has 1 aromatic rings. The molecule has 0 bridgehead atoms. The Morgan fingerprint density at radius 2 is 2.06 bits per heavy atom. The molecule has 1 aliphatic rings. The van der Waals surface area contributed by atoms with E-state index in [1.165, 1.54) is 24.3 Å². The highest BCUT2D eigenvalue weighted by Gasteiger charge is 2.41. The molecule has 1 fully saturated rings. The number of aliphatic hydroxyl groups excluding tert-OH is 2. The lowest BCUT2D eigenvalue weighted by Crippen LogP contribution is -2.30. The van der Waals surface area contributed by atoms with Gasteiger partial charge in [-0.1, -0.05) is 0 Å². The van der Waals surface area contributed by atoms with E-state index in [1.807, 2.05) is 0 Å². The van der Waals surface area contributed by atoms with Crippen LogP contribution in [0.3, 0.4) is 0 Å². The van der Waals surface area contributed by atoms with E-state index in [2.05, 4.69) is 10.1 Å². The highest BCUT2D eigenvalue weighted by molar-refractivity contribution is 5.73. The fourth-order valence-electron chi connectivity index (χ4n) is 1.39. The van der Waals surface area contributed by atoms with Crippen LogP contribution in [0.25, 0.3) is 0 Å². The highest BCUT2D eigenvalue weighted by Crippen LogP contribution is 2.27. The molecule has 4 unspecified atom stereocenters. The van der Waals surface area contributed by atoms with Crippen LogP contribution in [0.1, 0.15) is 20.1 Å². The Labute approximate surface area is 98.5 Å². The smallest absolute Gasteiger partial charge is 0.180 e. The van der Waals surface area contributed by atoms with Crippen molar-refractivity contribution in [3.8, 4) is 0 Å². The van der Waals surface area contributed by atoms with Crippen LogP contribution in [0.15, 0.2) is 12.7 Å². The van der Waals surface area contributed by atoms with E-state index < -0.39 is 18.4 Å². The first-order chi connectivity index (χ1) is 7.93. The third-order valence-electron chi connectivity index (χ3n) is 2.17. The van der Waals surface area contributed by atoms with Crippen molar-refractivity contribution in [1.82, 2.24) is 14.8 Å². The van der Waals surface area contributed by atoms with E-state index in [0.29, 0.717) is 0 Å². The summed E-state index contributed by atoms with van der Waals surface area (Å²) in [5, 5.41) is 29.0. The van der Waals surface area contributed by atoms with Gasteiger partial charge in [-0.15, -0.1) is 0 Å². The number of amidine groups is 1. The minimum atomic E-state index is -0.948. The fraction of sp³-hybridized carbons (Fsp3) is 0.667. The lowest BCUT2D eigenvalue weighted by Gasteiger charge is -2.13. The van der Waals surface area contributed by atoms with E-state index >= 15 is 0 Å². The molecule has 0 aliphatic carbocycles. The molecule has 0 radical (unpaired) electrons. The minimum Gasteiger partial charge on any atom is -0.388 e. The number of rotatable bonds is 1. The fourth-order valence-corrected chi connectivity index (χ4v) is 1.39. The Morgan fingerprint density at radius 1 is 1.47 bits per heavy atom. The Balaban J connectivity index is 0.000000317. The number of nitrogens with one attached hydrogen (secondary N) is 1. The van der Waals surface area contributed by atoms with Gasteiger partial charge >= 0.3 is 0 Å². The predicted octanol–water partition coefficient (Wildman–Crippen LogP) is -1.14. The van der Waals surface area contributed by atoms with Crippen LogP contribution in [-0.4, -0.2) is 49.1 Å². The van der Waals surface area contributed by atoms with Crippen LogP contribution in [0.5, 0.6) is 0 Å². The van der Waals surface area contributed by atoms with Crippen molar-refractivity contribution >= 4 is 5.84 Å². The largest absolute Gasteiger partial charge is 0.388 e. The van der Waals surface area contributed by atoms with Gasteiger partial charge in [-0.05, 0) is 13.8 Å². The summed E-state index contributed by atoms with van der Waals surface area (Å²) >= 11 is 0. The molecule has 4 atom stereocenters. The second-order valence-electron chi connectivity index (χ2n) is 3.77. The van der Waals surface area contributed by atoms with Gasteiger partial charge in [0.2, 0.25) is 0 Å². The lowest BCUT2D eigenvalue weighted by molar-refractivity contribution is -0.0399. The van der Waals surface area contributed by atoms with E-state index in [4.69, 9.17) is 15.9 Å². The van der Waals surface area contributed by atoms with Gasteiger partial charge in [0.1, 0.15) is 24.9 Å². The normalized spacial score (nSPS) is 31.8. The molecule has 96 valence electrons. The van der Waals surface area contributed by atoms with Gasteiger partial charge in [0.05, 0.1) is 11.9 Å². The van der Waals surface area contributed by atoms with Crippen molar-refractivity contribution in [2.24, 2.45) is 5.73 Å². The van der Waals surface area contributed by atoms with Gasteiger partial charge in [-0.25, -0.2) is 9.67 Å². The monoisotopic (exact) mass is 243 g/mol. The van der Waals surface area contributed by atoms with Crippen LogP contribution in [-0.2, 0) is 4.74 Å². The zero-order valence-electron chi connectivity index (χ0n) is 9.69. The molecule has 8 heteroatoms. The van der Waals surface area contributed by atoms with E-state index in [9.17, 15) is 10.2 Å². The number of nitrogens with two attached hydrogens (primary N) is 1. The van der Waals surface area contributed by atoms with E-state index in [0.717, 1.165) is 0 Å². The van der Waals surface area contributed by atoms with Gasteiger partial charge in [0.15, 0.2) is 6.23 Å². The van der Waals surface area contributed by atoms with Crippen molar-refractivity contribution in [3.05, 3.63) is 12.7 Å². The van der Waals surface area contributed by atoms with Crippen LogP contribution in [0.4, 0.5) is 0 Å². The van der Waals surface area contributed by atoms with Crippen molar-refractivity contribution in [2.45, 2.75) is 38.4 Å². The molecule has 0 spiro atoms. The summed E-state index contributed by atoms with van der Waals surface area (Å²) < 4.78 is 6.68. The number of ether oxygens (including phenoxy) is 1. The summed E-state index contributed by atoms with van der Waals surface area (Å²) in [4.78, 5) is 3.73. The predicted molar refractivity (Wildman–Crippen MR) is 59.2 cm³/mol. The maximum absolute atomic E-state index is 9.54.